The van der Waals surface area contributed by atoms with Gasteiger partial charge in [0.2, 0.25) is 0 Å². The second-order valence-corrected chi connectivity index (χ2v) is 5.42. The normalized spacial score (nSPS) is 11.8. The first-order chi connectivity index (χ1) is 10.1. The van der Waals surface area contributed by atoms with Crippen molar-refractivity contribution in [3.63, 3.8) is 0 Å². The maximum Gasteiger partial charge on any atom is 0.191 e. The zero-order valence-electron chi connectivity index (χ0n) is 12.9. The van der Waals surface area contributed by atoms with Gasteiger partial charge in [0.1, 0.15) is 5.15 Å². The van der Waals surface area contributed by atoms with Crippen LogP contribution in [-0.4, -0.2) is 37.3 Å². The van der Waals surface area contributed by atoms with Gasteiger partial charge in [-0.25, -0.2) is 0 Å². The van der Waals surface area contributed by atoms with E-state index in [2.05, 4.69) is 22.5 Å². The summed E-state index contributed by atoms with van der Waals surface area (Å²) in [6, 6.07) is 1.85. The molecule has 1 aromatic heterocycles. The first-order valence-electron chi connectivity index (χ1n) is 7.12. The predicted molar refractivity (Wildman–Crippen MR) is 89.4 cm³/mol. The van der Waals surface area contributed by atoms with Crippen LogP contribution in [0.2, 0.25) is 10.2 Å². The number of aromatic nitrogens is 1. The summed E-state index contributed by atoms with van der Waals surface area (Å²) < 4.78 is 7.33. The van der Waals surface area contributed by atoms with Crippen LogP contribution in [0.15, 0.2) is 11.1 Å². The highest BCUT2D eigenvalue weighted by Gasteiger charge is 2.09. The highest BCUT2D eigenvalue weighted by Crippen LogP contribution is 2.24. The lowest BCUT2D eigenvalue weighted by Crippen LogP contribution is -2.38. The Labute approximate surface area is 136 Å². The number of hydrogen-bond acceptors (Lipinski definition) is 2. The molecular formula is C14H24Cl2N4O. The Morgan fingerprint density at radius 3 is 2.67 bits per heavy atom. The standard InChI is InChI=1S/C14H24Cl2N4O/c1-4-5-7-21-8-6-18-14(17-2)19-10-11-9-12(15)13(16)20(11)3/h9H,4-8,10H2,1-3H3,(H2,17,18,19). The van der Waals surface area contributed by atoms with Gasteiger partial charge in [0, 0.05) is 32.9 Å². The molecule has 0 unspecified atom stereocenters. The summed E-state index contributed by atoms with van der Waals surface area (Å²) in [6.07, 6.45) is 2.25. The van der Waals surface area contributed by atoms with Crippen molar-refractivity contribution in [1.29, 1.82) is 0 Å². The van der Waals surface area contributed by atoms with E-state index in [0.29, 0.717) is 23.3 Å². The third-order valence-electron chi connectivity index (χ3n) is 3.06. The van der Waals surface area contributed by atoms with Crippen LogP contribution in [0, 0.1) is 0 Å². The number of aliphatic imine (C=N–C) groups is 1. The number of hydrogen-bond donors (Lipinski definition) is 2. The third kappa shape index (κ3) is 6.16. The maximum atomic E-state index is 6.03. The molecule has 0 amide bonds. The van der Waals surface area contributed by atoms with E-state index in [1.54, 1.807) is 7.05 Å². The molecule has 1 rings (SSSR count). The molecule has 0 atom stereocenters. The Hall–Kier alpha value is -0.910. The fraction of sp³-hybridized carbons (Fsp3) is 0.643. The van der Waals surface area contributed by atoms with Crippen LogP contribution in [0.25, 0.3) is 0 Å². The fourth-order valence-electron chi connectivity index (χ4n) is 1.74. The number of nitrogens with one attached hydrogen (secondary N) is 2. The van der Waals surface area contributed by atoms with E-state index in [1.807, 2.05) is 17.7 Å². The van der Waals surface area contributed by atoms with Gasteiger partial charge in [-0.2, -0.15) is 0 Å². The number of ether oxygens (including phenoxy) is 1. The van der Waals surface area contributed by atoms with Crippen LogP contribution in [0.3, 0.4) is 0 Å². The summed E-state index contributed by atoms with van der Waals surface area (Å²) in [5, 5.41) is 7.51. The molecular weight excluding hydrogens is 311 g/mol. The lowest BCUT2D eigenvalue weighted by molar-refractivity contribution is 0.136. The zero-order valence-corrected chi connectivity index (χ0v) is 14.4. The molecule has 7 heteroatoms. The number of unbranched alkanes of at least 4 members (excludes halogenated alkanes) is 1. The van der Waals surface area contributed by atoms with E-state index in [-0.39, 0.29) is 0 Å². The third-order valence-corrected chi connectivity index (χ3v) is 3.90. The van der Waals surface area contributed by atoms with Crippen molar-refractivity contribution >= 4 is 29.2 Å². The molecule has 1 aromatic rings. The Bertz CT molecular complexity index is 460. The first-order valence-corrected chi connectivity index (χ1v) is 7.87. The Balaban J connectivity index is 2.30. The summed E-state index contributed by atoms with van der Waals surface area (Å²) in [7, 11) is 3.61. The quantitative estimate of drug-likeness (QED) is 0.436. The monoisotopic (exact) mass is 334 g/mol. The van der Waals surface area contributed by atoms with E-state index >= 15 is 0 Å². The molecule has 0 spiro atoms. The van der Waals surface area contributed by atoms with Crippen LogP contribution < -0.4 is 10.6 Å². The smallest absolute Gasteiger partial charge is 0.191 e. The molecule has 0 fully saturated rings. The minimum atomic E-state index is 0.542. The minimum Gasteiger partial charge on any atom is -0.380 e. The molecule has 0 bridgehead atoms. The molecule has 0 saturated heterocycles. The van der Waals surface area contributed by atoms with Crippen molar-refractivity contribution in [2.24, 2.45) is 12.0 Å². The average Bonchev–Trinajstić information content (AvgIpc) is 2.73. The molecule has 120 valence electrons. The van der Waals surface area contributed by atoms with E-state index in [1.165, 1.54) is 0 Å². The van der Waals surface area contributed by atoms with Crippen molar-refractivity contribution < 1.29 is 4.74 Å². The predicted octanol–water partition coefficient (Wildman–Crippen LogP) is 2.81. The summed E-state index contributed by atoms with van der Waals surface area (Å²) in [5.74, 6) is 0.725. The van der Waals surface area contributed by atoms with Crippen molar-refractivity contribution in [1.82, 2.24) is 15.2 Å². The lowest BCUT2D eigenvalue weighted by Gasteiger charge is -2.12. The molecule has 0 radical (unpaired) electrons. The van der Waals surface area contributed by atoms with Crippen LogP contribution >= 0.6 is 23.2 Å². The summed E-state index contributed by atoms with van der Waals surface area (Å²) in [4.78, 5) is 4.16. The molecule has 5 nitrogen and oxygen atoms in total. The van der Waals surface area contributed by atoms with Crippen LogP contribution in [0.1, 0.15) is 25.5 Å². The average molecular weight is 335 g/mol. The van der Waals surface area contributed by atoms with E-state index in [4.69, 9.17) is 27.9 Å². The Morgan fingerprint density at radius 2 is 2.10 bits per heavy atom. The van der Waals surface area contributed by atoms with Crippen molar-refractivity contribution in [2.75, 3.05) is 26.8 Å². The molecule has 2 N–H and O–H groups in total. The van der Waals surface area contributed by atoms with Crippen molar-refractivity contribution in [2.45, 2.75) is 26.3 Å². The molecule has 1 heterocycles. The fourth-order valence-corrected chi connectivity index (χ4v) is 2.16. The van der Waals surface area contributed by atoms with Crippen LogP contribution in [0.5, 0.6) is 0 Å². The highest BCUT2D eigenvalue weighted by atomic mass is 35.5. The molecule has 0 aliphatic heterocycles. The van der Waals surface area contributed by atoms with Gasteiger partial charge in [-0.15, -0.1) is 0 Å². The SMILES string of the molecule is CCCCOCCNC(=NC)NCc1cc(Cl)c(Cl)n1C. The first kappa shape index (κ1) is 18.1. The number of guanidine groups is 1. The van der Waals surface area contributed by atoms with E-state index < -0.39 is 0 Å². The molecule has 0 saturated carbocycles. The van der Waals surface area contributed by atoms with Gasteiger partial charge in [-0.3, -0.25) is 4.99 Å². The topological polar surface area (TPSA) is 50.6 Å². The van der Waals surface area contributed by atoms with Gasteiger partial charge in [-0.05, 0) is 12.5 Å². The van der Waals surface area contributed by atoms with Crippen LogP contribution in [-0.2, 0) is 18.3 Å². The molecule has 21 heavy (non-hydrogen) atoms. The van der Waals surface area contributed by atoms with Gasteiger partial charge < -0.3 is 19.9 Å². The van der Waals surface area contributed by atoms with Gasteiger partial charge in [0.05, 0.1) is 18.2 Å². The largest absolute Gasteiger partial charge is 0.380 e. The second-order valence-electron chi connectivity index (χ2n) is 4.65. The summed E-state index contributed by atoms with van der Waals surface area (Å²) in [6.45, 7) is 4.94. The maximum absolute atomic E-state index is 6.03. The highest BCUT2D eigenvalue weighted by molar-refractivity contribution is 6.41. The van der Waals surface area contributed by atoms with E-state index in [0.717, 1.165) is 37.6 Å². The molecule has 0 aliphatic rings. The van der Waals surface area contributed by atoms with Gasteiger partial charge in [0.15, 0.2) is 5.96 Å². The second kappa shape index (κ2) is 9.92. The minimum absolute atomic E-state index is 0.542. The lowest BCUT2D eigenvalue weighted by atomic mass is 10.4. The summed E-state index contributed by atoms with van der Waals surface area (Å²) in [5.41, 5.74) is 0.993. The Morgan fingerprint density at radius 1 is 1.33 bits per heavy atom. The van der Waals surface area contributed by atoms with Crippen molar-refractivity contribution in [3.05, 3.63) is 21.9 Å². The molecule has 0 aliphatic carbocycles. The summed E-state index contributed by atoms with van der Waals surface area (Å²) >= 11 is 12.0. The molecule has 0 aromatic carbocycles. The van der Waals surface area contributed by atoms with Gasteiger partial charge in [0.25, 0.3) is 0 Å². The number of rotatable bonds is 8. The van der Waals surface area contributed by atoms with Crippen molar-refractivity contribution in [3.8, 4) is 0 Å². The van der Waals surface area contributed by atoms with Crippen LogP contribution in [0.4, 0.5) is 0 Å². The zero-order chi connectivity index (χ0) is 15.7. The van der Waals surface area contributed by atoms with E-state index in [9.17, 15) is 0 Å². The van der Waals surface area contributed by atoms with Gasteiger partial charge >= 0.3 is 0 Å². The number of nitrogens with zero attached hydrogens (tertiary/aromatic N) is 2. The van der Waals surface area contributed by atoms with Gasteiger partial charge in [-0.1, -0.05) is 36.5 Å². The number of halogens is 2. The Kier molecular flexibility index (Phi) is 8.57.